The largest absolute Gasteiger partial charge is 0.378 e. The van der Waals surface area contributed by atoms with Crippen LogP contribution < -0.4 is 21.9 Å². The highest BCUT2D eigenvalue weighted by Crippen LogP contribution is 2.17. The fourth-order valence-corrected chi connectivity index (χ4v) is 1.48. The number of morpholine rings is 1. The van der Waals surface area contributed by atoms with Crippen LogP contribution in [0.1, 0.15) is 0 Å². The highest BCUT2D eigenvalue weighted by molar-refractivity contribution is 5.52. The summed E-state index contributed by atoms with van der Waals surface area (Å²) in [6, 6.07) is 1.77. The zero-order valence-corrected chi connectivity index (χ0v) is 8.31. The van der Waals surface area contributed by atoms with Crippen molar-refractivity contribution < 1.29 is 4.74 Å². The molecule has 1 aliphatic rings. The van der Waals surface area contributed by atoms with E-state index in [2.05, 4.69) is 20.3 Å². The smallest absolute Gasteiger partial charge is 0.223 e. The average molecular weight is 210 g/mol. The van der Waals surface area contributed by atoms with Crippen LogP contribution in [0.2, 0.25) is 0 Å². The molecular formula is C8H14N6O. The van der Waals surface area contributed by atoms with E-state index in [9.17, 15) is 0 Å². The van der Waals surface area contributed by atoms with Gasteiger partial charge in [-0.2, -0.15) is 9.97 Å². The SMILES string of the molecule is NNc1cc(N2CCOCC2)nc(N)n1. The van der Waals surface area contributed by atoms with Gasteiger partial charge in [0.2, 0.25) is 5.95 Å². The zero-order chi connectivity index (χ0) is 10.7. The van der Waals surface area contributed by atoms with Crippen LogP contribution in [-0.2, 0) is 4.74 Å². The molecule has 2 heterocycles. The van der Waals surface area contributed by atoms with Gasteiger partial charge in [0, 0.05) is 19.2 Å². The molecule has 1 aromatic rings. The molecule has 0 saturated carbocycles. The number of nitrogens with one attached hydrogen (secondary N) is 1. The standard InChI is InChI=1S/C8H14N6O/c9-8-11-6(13-10)5-7(12-8)14-1-3-15-4-2-14/h5H,1-4,10H2,(H3,9,11,12,13). The first kappa shape index (κ1) is 9.94. The molecule has 15 heavy (non-hydrogen) atoms. The van der Waals surface area contributed by atoms with E-state index in [0.29, 0.717) is 19.0 Å². The van der Waals surface area contributed by atoms with E-state index in [1.165, 1.54) is 0 Å². The molecule has 7 heteroatoms. The van der Waals surface area contributed by atoms with Crippen molar-refractivity contribution in [1.29, 1.82) is 0 Å². The molecule has 2 rings (SSSR count). The van der Waals surface area contributed by atoms with E-state index in [-0.39, 0.29) is 5.95 Å². The lowest BCUT2D eigenvalue weighted by Gasteiger charge is -2.27. The summed E-state index contributed by atoms with van der Waals surface area (Å²) in [6.07, 6.45) is 0. The van der Waals surface area contributed by atoms with Crippen molar-refractivity contribution in [3.8, 4) is 0 Å². The molecule has 1 saturated heterocycles. The number of hydrogen-bond donors (Lipinski definition) is 3. The Labute approximate surface area is 87.4 Å². The molecule has 0 amide bonds. The summed E-state index contributed by atoms with van der Waals surface area (Å²) in [4.78, 5) is 10.2. The van der Waals surface area contributed by atoms with Crippen LogP contribution in [0.25, 0.3) is 0 Å². The summed E-state index contributed by atoms with van der Waals surface area (Å²) in [5.41, 5.74) is 8.02. The van der Waals surface area contributed by atoms with Crippen LogP contribution in [0.3, 0.4) is 0 Å². The first-order chi connectivity index (χ1) is 7.29. The molecule has 0 unspecified atom stereocenters. The fraction of sp³-hybridized carbons (Fsp3) is 0.500. The minimum absolute atomic E-state index is 0.215. The monoisotopic (exact) mass is 210 g/mol. The number of aromatic nitrogens is 2. The van der Waals surface area contributed by atoms with Gasteiger partial charge in [-0.1, -0.05) is 0 Å². The molecule has 0 spiro atoms. The van der Waals surface area contributed by atoms with Crippen LogP contribution in [0, 0.1) is 0 Å². The number of hydrazine groups is 1. The second-order valence-corrected chi connectivity index (χ2v) is 3.21. The number of anilines is 3. The molecule has 1 aliphatic heterocycles. The Morgan fingerprint density at radius 2 is 2.07 bits per heavy atom. The fourth-order valence-electron chi connectivity index (χ4n) is 1.48. The molecule has 5 N–H and O–H groups in total. The minimum Gasteiger partial charge on any atom is -0.378 e. The molecule has 0 aliphatic carbocycles. The summed E-state index contributed by atoms with van der Waals surface area (Å²) in [7, 11) is 0. The highest BCUT2D eigenvalue weighted by atomic mass is 16.5. The lowest BCUT2D eigenvalue weighted by atomic mass is 10.4. The number of hydrogen-bond acceptors (Lipinski definition) is 7. The Morgan fingerprint density at radius 1 is 1.33 bits per heavy atom. The van der Waals surface area contributed by atoms with Gasteiger partial charge in [0.25, 0.3) is 0 Å². The van der Waals surface area contributed by atoms with Crippen molar-refractivity contribution in [2.24, 2.45) is 5.84 Å². The van der Waals surface area contributed by atoms with E-state index in [0.717, 1.165) is 18.9 Å². The van der Waals surface area contributed by atoms with E-state index in [1.807, 2.05) is 0 Å². The number of rotatable bonds is 2. The Hall–Kier alpha value is -1.60. The summed E-state index contributed by atoms with van der Waals surface area (Å²) >= 11 is 0. The highest BCUT2D eigenvalue weighted by Gasteiger charge is 2.13. The lowest BCUT2D eigenvalue weighted by Crippen LogP contribution is -2.37. The van der Waals surface area contributed by atoms with Crippen LogP contribution in [-0.4, -0.2) is 36.3 Å². The first-order valence-corrected chi connectivity index (χ1v) is 4.73. The van der Waals surface area contributed by atoms with Crippen LogP contribution >= 0.6 is 0 Å². The summed E-state index contributed by atoms with van der Waals surface area (Å²) in [6.45, 7) is 3.02. The third kappa shape index (κ3) is 2.25. The maximum absolute atomic E-state index is 5.57. The molecule has 1 fully saturated rings. The molecule has 1 aromatic heterocycles. The summed E-state index contributed by atoms with van der Waals surface area (Å²) in [5.74, 6) is 6.79. The topological polar surface area (TPSA) is 102 Å². The van der Waals surface area contributed by atoms with Gasteiger partial charge in [-0.3, -0.25) is 0 Å². The van der Waals surface area contributed by atoms with Gasteiger partial charge < -0.3 is 20.8 Å². The second kappa shape index (κ2) is 4.28. The van der Waals surface area contributed by atoms with E-state index in [4.69, 9.17) is 16.3 Å². The molecule has 82 valence electrons. The van der Waals surface area contributed by atoms with E-state index in [1.54, 1.807) is 6.07 Å². The minimum atomic E-state index is 0.215. The van der Waals surface area contributed by atoms with Gasteiger partial charge in [-0.15, -0.1) is 0 Å². The molecule has 0 aromatic carbocycles. The number of nitrogens with zero attached hydrogens (tertiary/aromatic N) is 3. The Morgan fingerprint density at radius 3 is 2.73 bits per heavy atom. The number of nitrogens with two attached hydrogens (primary N) is 2. The van der Waals surface area contributed by atoms with E-state index < -0.39 is 0 Å². The predicted octanol–water partition coefficient (Wildman–Crippen LogP) is -0.819. The maximum atomic E-state index is 5.57. The molecule has 0 radical (unpaired) electrons. The van der Waals surface area contributed by atoms with Crippen molar-refractivity contribution in [3.05, 3.63) is 6.07 Å². The van der Waals surface area contributed by atoms with Crippen LogP contribution in [0.15, 0.2) is 6.07 Å². The quantitative estimate of drug-likeness (QED) is 0.433. The maximum Gasteiger partial charge on any atom is 0.223 e. The van der Waals surface area contributed by atoms with Crippen molar-refractivity contribution in [1.82, 2.24) is 9.97 Å². The normalized spacial score (nSPS) is 16.5. The second-order valence-electron chi connectivity index (χ2n) is 3.21. The van der Waals surface area contributed by atoms with Crippen molar-refractivity contribution in [3.63, 3.8) is 0 Å². The molecule has 7 nitrogen and oxygen atoms in total. The molecular weight excluding hydrogens is 196 g/mol. The van der Waals surface area contributed by atoms with Crippen molar-refractivity contribution in [2.45, 2.75) is 0 Å². The van der Waals surface area contributed by atoms with Gasteiger partial charge in [0.15, 0.2) is 0 Å². The Kier molecular flexibility index (Phi) is 2.84. The zero-order valence-electron chi connectivity index (χ0n) is 8.31. The van der Waals surface area contributed by atoms with Crippen LogP contribution in [0.5, 0.6) is 0 Å². The Bertz CT molecular complexity index is 338. The van der Waals surface area contributed by atoms with Gasteiger partial charge in [-0.05, 0) is 0 Å². The van der Waals surface area contributed by atoms with Crippen molar-refractivity contribution >= 4 is 17.6 Å². The molecule has 0 bridgehead atoms. The third-order valence-electron chi connectivity index (χ3n) is 2.21. The van der Waals surface area contributed by atoms with Crippen LogP contribution in [0.4, 0.5) is 17.6 Å². The van der Waals surface area contributed by atoms with Gasteiger partial charge in [-0.25, -0.2) is 5.84 Å². The molecule has 0 atom stereocenters. The first-order valence-electron chi connectivity index (χ1n) is 4.73. The average Bonchev–Trinajstić information content (AvgIpc) is 2.29. The van der Waals surface area contributed by atoms with Gasteiger partial charge >= 0.3 is 0 Å². The Balaban J connectivity index is 2.22. The summed E-state index contributed by atoms with van der Waals surface area (Å²) < 4.78 is 5.25. The predicted molar refractivity (Wildman–Crippen MR) is 57.3 cm³/mol. The third-order valence-corrected chi connectivity index (χ3v) is 2.21. The van der Waals surface area contributed by atoms with Crippen molar-refractivity contribution in [2.75, 3.05) is 42.4 Å². The van der Waals surface area contributed by atoms with Gasteiger partial charge in [0.1, 0.15) is 11.6 Å². The number of nitrogen functional groups attached to an aromatic ring is 2. The van der Waals surface area contributed by atoms with E-state index >= 15 is 0 Å². The van der Waals surface area contributed by atoms with Gasteiger partial charge in [0.05, 0.1) is 13.2 Å². The lowest BCUT2D eigenvalue weighted by molar-refractivity contribution is 0.122. The number of ether oxygens (including phenoxy) is 1. The summed E-state index contributed by atoms with van der Waals surface area (Å²) in [5, 5.41) is 0.